The van der Waals surface area contributed by atoms with Crippen molar-refractivity contribution < 1.29 is 9.59 Å². The van der Waals surface area contributed by atoms with Gasteiger partial charge in [0.1, 0.15) is 0 Å². The number of hydrogen-bond acceptors (Lipinski definition) is 5. The summed E-state index contributed by atoms with van der Waals surface area (Å²) in [5.41, 5.74) is 4.18. The van der Waals surface area contributed by atoms with Gasteiger partial charge in [-0.05, 0) is 54.6 Å². The molecule has 2 aromatic carbocycles. The average molecular weight is 464 g/mol. The zero-order chi connectivity index (χ0) is 22.1. The predicted molar refractivity (Wildman–Crippen MR) is 130 cm³/mol. The van der Waals surface area contributed by atoms with Crippen molar-refractivity contribution in [2.24, 2.45) is 0 Å². The topological polar surface area (TPSA) is 61.4 Å². The molecule has 0 saturated heterocycles. The van der Waals surface area contributed by atoms with Crippen molar-refractivity contribution in [3.8, 4) is 0 Å². The van der Waals surface area contributed by atoms with E-state index in [0.29, 0.717) is 17.1 Å². The van der Waals surface area contributed by atoms with E-state index >= 15 is 0 Å². The van der Waals surface area contributed by atoms with E-state index in [9.17, 15) is 9.59 Å². The summed E-state index contributed by atoms with van der Waals surface area (Å²) in [5, 5.41) is 9.04. The molecule has 7 heteroatoms. The van der Waals surface area contributed by atoms with Crippen LogP contribution >= 0.6 is 22.9 Å². The minimum atomic E-state index is -0.320. The van der Waals surface area contributed by atoms with Gasteiger partial charge in [0, 0.05) is 33.3 Å². The molecular formula is C25H22ClN3O2S. The van der Waals surface area contributed by atoms with Gasteiger partial charge in [-0.2, -0.15) is 0 Å². The van der Waals surface area contributed by atoms with Crippen molar-refractivity contribution in [3.05, 3.63) is 87.2 Å². The lowest BCUT2D eigenvalue weighted by Gasteiger charge is -2.34. The summed E-state index contributed by atoms with van der Waals surface area (Å²) in [6, 6.07) is 18.7. The van der Waals surface area contributed by atoms with Crippen molar-refractivity contribution in [2.45, 2.75) is 25.3 Å². The van der Waals surface area contributed by atoms with Crippen LogP contribution in [0.4, 0.5) is 17.1 Å². The molecule has 5 rings (SSSR count). The van der Waals surface area contributed by atoms with Crippen molar-refractivity contribution in [1.29, 1.82) is 0 Å². The Morgan fingerprint density at radius 2 is 2.00 bits per heavy atom. The molecule has 0 unspecified atom stereocenters. The fourth-order valence-electron chi connectivity index (χ4n) is 4.44. The Hall–Kier alpha value is -3.09. The number of para-hydroxylation sites is 2. The second kappa shape index (κ2) is 8.81. The van der Waals surface area contributed by atoms with E-state index in [2.05, 4.69) is 10.6 Å². The number of nitrogens with one attached hydrogen (secondary N) is 2. The molecule has 2 aliphatic rings. The third-order valence-corrected chi connectivity index (χ3v) is 6.94. The first-order valence-electron chi connectivity index (χ1n) is 10.6. The van der Waals surface area contributed by atoms with Crippen LogP contribution in [0, 0.1) is 0 Å². The van der Waals surface area contributed by atoms with Crippen LogP contribution in [0.25, 0.3) is 0 Å². The second-order valence-corrected chi connectivity index (χ2v) is 9.33. The molecule has 1 aliphatic carbocycles. The fraction of sp³-hybridized carbons (Fsp3) is 0.200. The summed E-state index contributed by atoms with van der Waals surface area (Å²) in [4.78, 5) is 29.4. The summed E-state index contributed by atoms with van der Waals surface area (Å²) < 4.78 is 0. The van der Waals surface area contributed by atoms with Crippen molar-refractivity contribution in [3.63, 3.8) is 0 Å². The van der Waals surface area contributed by atoms with Gasteiger partial charge >= 0.3 is 0 Å². The summed E-state index contributed by atoms with van der Waals surface area (Å²) in [6.07, 6.45) is 2.18. The Labute approximate surface area is 195 Å². The number of carbonyl (C=O) groups excluding carboxylic acids is 2. The fourth-order valence-corrected chi connectivity index (χ4v) is 5.47. The number of fused-ring (bicyclic) bond motifs is 1. The number of Topliss-reactive ketones (excluding diaryl/α,β-unsaturated/α-hetero) is 1. The Kier molecular flexibility index (Phi) is 5.72. The van der Waals surface area contributed by atoms with E-state index in [1.807, 2.05) is 52.7 Å². The lowest BCUT2D eigenvalue weighted by Crippen LogP contribution is -2.38. The van der Waals surface area contributed by atoms with Gasteiger partial charge in [-0.3, -0.25) is 9.59 Å². The first kappa shape index (κ1) is 20.8. The summed E-state index contributed by atoms with van der Waals surface area (Å²) in [7, 11) is 0. The largest absolute Gasteiger partial charge is 0.357 e. The molecule has 1 amide bonds. The second-order valence-electron chi connectivity index (χ2n) is 7.92. The summed E-state index contributed by atoms with van der Waals surface area (Å²) in [5.74, 6) is -0.0267. The number of halogens is 1. The van der Waals surface area contributed by atoms with Gasteiger partial charge in [0.25, 0.3) is 0 Å². The summed E-state index contributed by atoms with van der Waals surface area (Å²) >= 11 is 7.68. The number of nitrogens with zero attached hydrogens (tertiary/aromatic N) is 1. The van der Waals surface area contributed by atoms with E-state index in [0.717, 1.165) is 40.4 Å². The zero-order valence-electron chi connectivity index (χ0n) is 17.3. The van der Waals surface area contributed by atoms with E-state index < -0.39 is 0 Å². The molecule has 0 spiro atoms. The van der Waals surface area contributed by atoms with Gasteiger partial charge in [0.05, 0.1) is 24.0 Å². The van der Waals surface area contributed by atoms with Gasteiger partial charge in [0.15, 0.2) is 5.78 Å². The van der Waals surface area contributed by atoms with Gasteiger partial charge in [0.2, 0.25) is 5.91 Å². The van der Waals surface area contributed by atoms with E-state index in [4.69, 9.17) is 11.6 Å². The quantitative estimate of drug-likeness (QED) is 0.496. The predicted octanol–water partition coefficient (Wildman–Crippen LogP) is 6.02. The number of rotatable bonds is 4. The highest BCUT2D eigenvalue weighted by Gasteiger charge is 2.37. The molecule has 32 heavy (non-hydrogen) atoms. The van der Waals surface area contributed by atoms with Crippen molar-refractivity contribution in [2.75, 3.05) is 22.1 Å². The molecular weight excluding hydrogens is 442 g/mol. The number of anilines is 3. The molecule has 3 aromatic rings. The molecule has 1 atom stereocenters. The lowest BCUT2D eigenvalue weighted by atomic mass is 9.88. The molecule has 0 fully saturated rings. The van der Waals surface area contributed by atoms with Gasteiger partial charge in [-0.1, -0.05) is 35.9 Å². The van der Waals surface area contributed by atoms with Crippen LogP contribution in [0.5, 0.6) is 0 Å². The average Bonchev–Trinajstić information content (AvgIpc) is 3.25. The number of benzene rings is 2. The Balaban J connectivity index is 1.58. The van der Waals surface area contributed by atoms with Crippen LogP contribution in [-0.4, -0.2) is 18.2 Å². The first-order valence-corrected chi connectivity index (χ1v) is 11.8. The van der Waals surface area contributed by atoms with Gasteiger partial charge in [-0.25, -0.2) is 0 Å². The SMILES string of the molecule is O=C(CN1c2ccccc2NC2=C(C(=O)CCC2)[C@H]1c1cccs1)Nc1cccc(Cl)c1. The third-order valence-electron chi connectivity index (χ3n) is 5.78. The van der Waals surface area contributed by atoms with Crippen LogP contribution < -0.4 is 15.5 Å². The minimum Gasteiger partial charge on any atom is -0.357 e. The van der Waals surface area contributed by atoms with Crippen molar-refractivity contribution in [1.82, 2.24) is 0 Å². The van der Waals surface area contributed by atoms with Crippen molar-refractivity contribution >= 4 is 51.7 Å². The van der Waals surface area contributed by atoms with E-state index in [1.165, 1.54) is 0 Å². The van der Waals surface area contributed by atoms with Crippen LogP contribution in [0.1, 0.15) is 30.2 Å². The standard InChI is InChI=1S/C25H22ClN3O2S/c26-16-6-3-7-17(14-16)27-23(31)15-29-20-10-2-1-8-18(20)28-19-9-4-11-21(30)24(19)25(29)22-12-5-13-32-22/h1-3,5-8,10,12-14,25,28H,4,9,11,15H2,(H,27,31)/t25-/m1/s1. The van der Waals surface area contributed by atoms with E-state index in [1.54, 1.807) is 29.5 Å². The highest BCUT2D eigenvalue weighted by molar-refractivity contribution is 7.10. The number of allylic oxidation sites excluding steroid dienone is 1. The maximum atomic E-state index is 13.2. The third kappa shape index (κ3) is 4.04. The minimum absolute atomic E-state index is 0.0951. The number of hydrogen-bond donors (Lipinski definition) is 2. The normalized spacial score (nSPS) is 17.8. The molecule has 0 saturated carbocycles. The van der Waals surface area contributed by atoms with Gasteiger partial charge in [-0.15, -0.1) is 11.3 Å². The molecule has 5 nitrogen and oxygen atoms in total. The molecule has 0 radical (unpaired) electrons. The van der Waals surface area contributed by atoms with Crippen LogP contribution in [0.15, 0.2) is 77.3 Å². The molecule has 2 heterocycles. The Bertz CT molecular complexity index is 1210. The molecule has 0 bridgehead atoms. The zero-order valence-corrected chi connectivity index (χ0v) is 18.9. The maximum absolute atomic E-state index is 13.2. The number of carbonyl (C=O) groups is 2. The molecule has 1 aromatic heterocycles. The smallest absolute Gasteiger partial charge is 0.243 e. The van der Waals surface area contributed by atoms with Crippen LogP contribution in [0.2, 0.25) is 5.02 Å². The molecule has 162 valence electrons. The molecule has 1 aliphatic heterocycles. The monoisotopic (exact) mass is 463 g/mol. The summed E-state index contributed by atoms with van der Waals surface area (Å²) in [6.45, 7) is 0.0951. The highest BCUT2D eigenvalue weighted by atomic mass is 35.5. The number of thiophene rings is 1. The van der Waals surface area contributed by atoms with E-state index in [-0.39, 0.29) is 24.3 Å². The first-order chi connectivity index (χ1) is 15.6. The van der Waals surface area contributed by atoms with Crippen LogP contribution in [-0.2, 0) is 9.59 Å². The van der Waals surface area contributed by atoms with Crippen LogP contribution in [0.3, 0.4) is 0 Å². The Morgan fingerprint density at radius 1 is 1.12 bits per heavy atom. The Morgan fingerprint density at radius 3 is 2.81 bits per heavy atom. The van der Waals surface area contributed by atoms with Gasteiger partial charge < -0.3 is 15.5 Å². The number of ketones is 1. The molecule has 2 N–H and O–H groups in total. The maximum Gasteiger partial charge on any atom is 0.243 e. The lowest BCUT2D eigenvalue weighted by molar-refractivity contribution is -0.117. The number of amides is 1. The highest BCUT2D eigenvalue weighted by Crippen LogP contribution is 2.45.